The highest BCUT2D eigenvalue weighted by atomic mass is 35.5. The van der Waals surface area contributed by atoms with Crippen LogP contribution in [0.3, 0.4) is 0 Å². The molecule has 0 heterocycles. The van der Waals surface area contributed by atoms with Crippen LogP contribution in [0.15, 0.2) is 0 Å². The number of halogens is 8. The van der Waals surface area contributed by atoms with Gasteiger partial charge in [0.2, 0.25) is 6.17 Å². The first kappa shape index (κ1) is 15.2. The van der Waals surface area contributed by atoms with Gasteiger partial charge in [-0.25, -0.2) is 13.2 Å². The lowest BCUT2D eigenvalue weighted by Crippen LogP contribution is -2.50. The number of hydrogen-bond acceptors (Lipinski definition) is 1. The summed E-state index contributed by atoms with van der Waals surface area (Å²) < 4.78 is 80.1. The van der Waals surface area contributed by atoms with E-state index in [2.05, 4.69) is 0 Å². The minimum absolute atomic E-state index is 0. The maximum absolute atomic E-state index is 11.7. The fourth-order valence-corrected chi connectivity index (χ4v) is 0.324. The third-order valence-electron chi connectivity index (χ3n) is 0.969. The van der Waals surface area contributed by atoms with Gasteiger partial charge in [0, 0.05) is 0 Å². The first-order valence-electron chi connectivity index (χ1n) is 2.51. The molecule has 0 spiro atoms. The fraction of sp³-hybridized carbons (Fsp3) is 1.00. The highest BCUT2D eigenvalue weighted by Gasteiger charge is 2.64. The molecule has 1 N–H and O–H groups in total. The summed E-state index contributed by atoms with van der Waals surface area (Å²) in [7, 11) is 0. The monoisotopic (exact) mass is 236 g/mol. The van der Waals surface area contributed by atoms with Crippen LogP contribution in [-0.2, 0) is 0 Å². The van der Waals surface area contributed by atoms with E-state index in [0.29, 0.717) is 0 Å². The quantitative estimate of drug-likeness (QED) is 0.745. The molecule has 0 aliphatic heterocycles. The Labute approximate surface area is 73.9 Å². The Hall–Kier alpha value is -0.240. The number of aliphatic hydroxyl groups is 1. The molecule has 1 nitrogen and oxygen atoms in total. The number of alkyl halides is 7. The van der Waals surface area contributed by atoms with E-state index >= 15 is 0 Å². The summed E-state index contributed by atoms with van der Waals surface area (Å²) in [5.74, 6) is -5.78. The van der Waals surface area contributed by atoms with Gasteiger partial charge in [-0.3, -0.25) is 0 Å². The predicted molar refractivity (Wildman–Crippen MR) is 30.3 cm³/mol. The third kappa shape index (κ3) is 3.18. The van der Waals surface area contributed by atoms with Crippen molar-refractivity contribution in [2.45, 2.75) is 24.6 Å². The molecule has 9 heteroatoms. The van der Waals surface area contributed by atoms with Crippen LogP contribution in [0.4, 0.5) is 30.7 Å². The minimum atomic E-state index is -5.79. The summed E-state index contributed by atoms with van der Waals surface area (Å²) in [6, 6.07) is 0. The van der Waals surface area contributed by atoms with Gasteiger partial charge in [-0.15, -0.1) is 12.4 Å². The van der Waals surface area contributed by atoms with Gasteiger partial charge in [0.05, 0.1) is 0 Å². The Morgan fingerprint density at radius 1 is 0.923 bits per heavy atom. The molecule has 1 atom stereocenters. The third-order valence-corrected chi connectivity index (χ3v) is 0.969. The van der Waals surface area contributed by atoms with Crippen molar-refractivity contribution in [2.75, 3.05) is 0 Å². The lowest BCUT2D eigenvalue weighted by molar-refractivity contribution is -0.350. The minimum Gasteiger partial charge on any atom is -0.331 e. The molecule has 0 radical (unpaired) electrons. The molecule has 0 fully saturated rings. The van der Waals surface area contributed by atoms with E-state index in [4.69, 9.17) is 5.11 Å². The van der Waals surface area contributed by atoms with Gasteiger partial charge >= 0.3 is 12.0 Å². The van der Waals surface area contributed by atoms with Crippen molar-refractivity contribution < 1.29 is 35.8 Å². The predicted octanol–water partition coefficient (Wildman–Crippen LogP) is 2.23. The molecular weight excluding hydrogens is 232 g/mol. The van der Waals surface area contributed by atoms with Gasteiger partial charge in [0.15, 0.2) is 0 Å². The Balaban J connectivity index is 0. The van der Waals surface area contributed by atoms with Crippen molar-refractivity contribution in [3.05, 3.63) is 0 Å². The maximum atomic E-state index is 11.7. The van der Waals surface area contributed by atoms with Crippen molar-refractivity contribution in [1.29, 1.82) is 0 Å². The summed E-state index contributed by atoms with van der Waals surface area (Å²) in [5, 5.41) is 7.31. The molecule has 0 aromatic carbocycles. The first-order chi connectivity index (χ1) is 5.10. The molecular formula is C4H4ClF7O. The van der Waals surface area contributed by atoms with Crippen LogP contribution in [-0.4, -0.2) is 29.7 Å². The zero-order valence-electron chi connectivity index (χ0n) is 5.66. The Morgan fingerprint density at radius 2 is 1.23 bits per heavy atom. The number of rotatable bonds is 3. The lowest BCUT2D eigenvalue weighted by atomic mass is 10.2. The van der Waals surface area contributed by atoms with Crippen LogP contribution >= 0.6 is 12.4 Å². The SMILES string of the molecule is Cl.OC(F)(F)C(F)(F)C(F)C(F)F. The van der Waals surface area contributed by atoms with Crippen LogP contribution < -0.4 is 0 Å². The van der Waals surface area contributed by atoms with E-state index in [1.807, 2.05) is 0 Å². The van der Waals surface area contributed by atoms with Crippen molar-refractivity contribution >= 4 is 12.4 Å². The highest BCUT2D eigenvalue weighted by Crippen LogP contribution is 2.38. The van der Waals surface area contributed by atoms with Crippen LogP contribution in [0.1, 0.15) is 0 Å². The van der Waals surface area contributed by atoms with Crippen molar-refractivity contribution in [2.24, 2.45) is 0 Å². The van der Waals surface area contributed by atoms with E-state index in [9.17, 15) is 30.7 Å². The molecule has 0 amide bonds. The average Bonchev–Trinajstić information content (AvgIpc) is 1.83. The van der Waals surface area contributed by atoms with Crippen LogP contribution in [0.25, 0.3) is 0 Å². The molecule has 0 aromatic rings. The van der Waals surface area contributed by atoms with Gasteiger partial charge in [0.1, 0.15) is 0 Å². The number of hydrogen-bond donors (Lipinski definition) is 1. The fourth-order valence-electron chi connectivity index (χ4n) is 0.324. The van der Waals surface area contributed by atoms with Gasteiger partial charge in [-0.05, 0) is 0 Å². The second-order valence-electron chi connectivity index (χ2n) is 1.90. The lowest BCUT2D eigenvalue weighted by Gasteiger charge is -2.23. The van der Waals surface area contributed by atoms with E-state index in [1.54, 1.807) is 0 Å². The second-order valence-corrected chi connectivity index (χ2v) is 1.90. The molecule has 82 valence electrons. The zero-order chi connectivity index (χ0) is 10.2. The molecule has 0 aliphatic rings. The largest absolute Gasteiger partial charge is 0.420 e. The standard InChI is InChI=1S/C4H3F7O.ClH/c5-1(2(6)7)3(8,9)4(10,11)12;/h1-2,12H;1H. The summed E-state index contributed by atoms with van der Waals surface area (Å²) >= 11 is 0. The molecule has 13 heavy (non-hydrogen) atoms. The topological polar surface area (TPSA) is 20.2 Å². The Kier molecular flexibility index (Phi) is 5.06. The smallest absolute Gasteiger partial charge is 0.331 e. The van der Waals surface area contributed by atoms with Crippen LogP contribution in [0, 0.1) is 0 Å². The second kappa shape index (κ2) is 4.32. The average molecular weight is 237 g/mol. The van der Waals surface area contributed by atoms with Crippen molar-refractivity contribution in [1.82, 2.24) is 0 Å². The van der Waals surface area contributed by atoms with E-state index in [0.717, 1.165) is 0 Å². The summed E-state index contributed by atoms with van der Waals surface area (Å²) in [5.41, 5.74) is 0. The van der Waals surface area contributed by atoms with Gasteiger partial charge in [-0.2, -0.15) is 17.6 Å². The summed E-state index contributed by atoms with van der Waals surface area (Å²) in [6.07, 6.45) is -14.5. The molecule has 1 unspecified atom stereocenters. The summed E-state index contributed by atoms with van der Waals surface area (Å²) in [4.78, 5) is 0. The van der Waals surface area contributed by atoms with E-state index in [-0.39, 0.29) is 12.4 Å². The van der Waals surface area contributed by atoms with Gasteiger partial charge in [-0.1, -0.05) is 0 Å². The molecule has 0 aromatic heterocycles. The molecule has 0 rings (SSSR count). The molecule has 0 saturated carbocycles. The zero-order valence-corrected chi connectivity index (χ0v) is 6.47. The normalized spacial score (nSPS) is 15.5. The van der Waals surface area contributed by atoms with E-state index in [1.165, 1.54) is 0 Å². The van der Waals surface area contributed by atoms with Gasteiger partial charge < -0.3 is 5.11 Å². The van der Waals surface area contributed by atoms with E-state index < -0.39 is 24.6 Å². The molecule has 0 saturated heterocycles. The Bertz CT molecular complexity index is 155. The molecule has 0 bridgehead atoms. The van der Waals surface area contributed by atoms with Gasteiger partial charge in [0.25, 0.3) is 6.43 Å². The first-order valence-corrected chi connectivity index (χ1v) is 2.51. The van der Waals surface area contributed by atoms with Crippen molar-refractivity contribution in [3.63, 3.8) is 0 Å². The molecule has 0 aliphatic carbocycles. The highest BCUT2D eigenvalue weighted by molar-refractivity contribution is 5.85. The van der Waals surface area contributed by atoms with Crippen LogP contribution in [0.2, 0.25) is 0 Å². The maximum Gasteiger partial charge on any atom is 0.420 e. The van der Waals surface area contributed by atoms with Crippen LogP contribution in [0.5, 0.6) is 0 Å². The Morgan fingerprint density at radius 3 is 1.31 bits per heavy atom. The summed E-state index contributed by atoms with van der Waals surface area (Å²) in [6.45, 7) is 0. The van der Waals surface area contributed by atoms with Crippen molar-refractivity contribution in [3.8, 4) is 0 Å².